The summed E-state index contributed by atoms with van der Waals surface area (Å²) in [5.41, 5.74) is 3.20. The molecule has 2 aromatic carbocycles. The van der Waals surface area contributed by atoms with Crippen LogP contribution in [0.25, 0.3) is 38.8 Å². The lowest BCUT2D eigenvalue weighted by Gasteiger charge is -2.21. The van der Waals surface area contributed by atoms with Gasteiger partial charge in [0.25, 0.3) is 0 Å². The Balaban J connectivity index is 1.47. The number of hydrogen-bond acceptors (Lipinski definition) is 7. The normalized spacial score (nSPS) is 23.3. The lowest BCUT2D eigenvalue weighted by molar-refractivity contribution is 0.387. The van der Waals surface area contributed by atoms with Crippen molar-refractivity contribution in [2.45, 2.75) is 76.8 Å². The minimum Gasteiger partial charge on any atom is -0.508 e. The van der Waals surface area contributed by atoms with Gasteiger partial charge >= 0.3 is 5.69 Å². The number of rotatable bonds is 5. The predicted molar refractivity (Wildman–Crippen MR) is 176 cm³/mol. The number of hydrogen-bond donors (Lipinski definition) is 2. The number of benzene rings is 2. The monoisotopic (exact) mass is 614 g/mol. The number of aromatic nitrogens is 5. The van der Waals surface area contributed by atoms with Gasteiger partial charge in [-0.2, -0.15) is 4.98 Å². The summed E-state index contributed by atoms with van der Waals surface area (Å²) >= 11 is 0. The van der Waals surface area contributed by atoms with Crippen LogP contribution >= 0.6 is 0 Å². The maximum atomic E-state index is 16.6. The van der Waals surface area contributed by atoms with Crippen molar-refractivity contribution in [1.82, 2.24) is 29.8 Å². The molecule has 232 valence electrons. The van der Waals surface area contributed by atoms with Crippen molar-refractivity contribution in [2.24, 2.45) is 11.8 Å². The van der Waals surface area contributed by atoms with Gasteiger partial charge in [-0.1, -0.05) is 45.7 Å². The van der Waals surface area contributed by atoms with Gasteiger partial charge in [-0.25, -0.2) is 28.7 Å². The molecule has 2 saturated heterocycles. The molecule has 0 radical (unpaired) electrons. The molecule has 3 aliphatic rings. The molecule has 2 N–H and O–H groups in total. The van der Waals surface area contributed by atoms with E-state index in [1.54, 1.807) is 18.2 Å². The molecule has 9 heteroatoms. The van der Waals surface area contributed by atoms with E-state index < -0.39 is 11.5 Å². The van der Waals surface area contributed by atoms with Gasteiger partial charge in [0.05, 0.1) is 22.8 Å². The molecule has 46 heavy (non-hydrogen) atoms. The maximum absolute atomic E-state index is 16.6. The molecular weight excluding hydrogens is 579 g/mol. The Labute approximate surface area is 266 Å². The SMILES string of the molecule is C#Cc1cccc2cc(O)cc(-c3nc4c(cc3F)c(C3C5CC6CCC(N6)[C@H]53)nc(=O)n4-c3c(C(C)C)ncnc3C(C)C)c12. The molecule has 5 atom stereocenters. The molecule has 3 aromatic heterocycles. The molecule has 5 heterocycles. The fourth-order valence-electron chi connectivity index (χ4n) is 8.29. The molecular formula is C37H35FN6O2. The first kappa shape index (κ1) is 28.8. The van der Waals surface area contributed by atoms with Crippen molar-refractivity contribution >= 4 is 21.8 Å². The minimum absolute atomic E-state index is 0.00983. The van der Waals surface area contributed by atoms with Crippen molar-refractivity contribution in [1.29, 1.82) is 0 Å². The quantitative estimate of drug-likeness (QED) is 0.223. The molecule has 8 nitrogen and oxygen atoms in total. The van der Waals surface area contributed by atoms with Crippen LogP contribution in [0.5, 0.6) is 5.75 Å². The average molecular weight is 615 g/mol. The molecule has 1 aliphatic carbocycles. The summed E-state index contributed by atoms with van der Waals surface area (Å²) in [6.45, 7) is 8.06. The van der Waals surface area contributed by atoms with Crippen LogP contribution in [0, 0.1) is 30.0 Å². The number of phenolic OH excluding ortho intramolecular Hbond substituents is 1. The summed E-state index contributed by atoms with van der Waals surface area (Å²) in [7, 11) is 0. The van der Waals surface area contributed by atoms with Crippen LogP contribution in [-0.4, -0.2) is 41.7 Å². The van der Waals surface area contributed by atoms with E-state index in [2.05, 4.69) is 21.2 Å². The molecule has 0 amide bonds. The molecule has 4 unspecified atom stereocenters. The van der Waals surface area contributed by atoms with Gasteiger partial charge in [-0.3, -0.25) is 0 Å². The van der Waals surface area contributed by atoms with E-state index in [9.17, 15) is 9.90 Å². The van der Waals surface area contributed by atoms with Crippen LogP contribution in [0.1, 0.15) is 87.4 Å². The van der Waals surface area contributed by atoms with Crippen molar-refractivity contribution in [3.63, 3.8) is 0 Å². The fourth-order valence-corrected chi connectivity index (χ4v) is 8.29. The number of pyridine rings is 1. The Morgan fingerprint density at radius 3 is 2.54 bits per heavy atom. The third-order valence-electron chi connectivity index (χ3n) is 10.3. The first-order valence-electron chi connectivity index (χ1n) is 16.1. The van der Waals surface area contributed by atoms with E-state index >= 15 is 4.39 Å². The first-order chi connectivity index (χ1) is 22.2. The number of nitrogens with zero attached hydrogens (tertiary/aromatic N) is 5. The van der Waals surface area contributed by atoms with Crippen LogP contribution in [0.3, 0.4) is 0 Å². The van der Waals surface area contributed by atoms with Gasteiger partial charge in [-0.15, -0.1) is 6.42 Å². The molecule has 2 bridgehead atoms. The number of phenols is 1. The zero-order valence-electron chi connectivity index (χ0n) is 26.3. The van der Waals surface area contributed by atoms with E-state index in [4.69, 9.17) is 16.4 Å². The van der Waals surface area contributed by atoms with Gasteiger partial charge in [0.2, 0.25) is 0 Å². The van der Waals surface area contributed by atoms with Crippen molar-refractivity contribution < 1.29 is 9.50 Å². The number of nitrogens with one attached hydrogen (secondary N) is 1. The van der Waals surface area contributed by atoms with Crippen molar-refractivity contribution in [2.75, 3.05) is 0 Å². The summed E-state index contributed by atoms with van der Waals surface area (Å²) in [5.74, 6) is 2.79. The van der Waals surface area contributed by atoms with Crippen LogP contribution in [0.2, 0.25) is 0 Å². The van der Waals surface area contributed by atoms with Crippen LogP contribution < -0.4 is 11.0 Å². The van der Waals surface area contributed by atoms with Crippen LogP contribution in [-0.2, 0) is 0 Å². The number of fused-ring (bicyclic) bond motifs is 6. The summed E-state index contributed by atoms with van der Waals surface area (Å²) in [6.07, 6.45) is 10.7. The second-order valence-corrected chi connectivity index (χ2v) is 13.7. The highest BCUT2D eigenvalue weighted by molar-refractivity contribution is 6.02. The summed E-state index contributed by atoms with van der Waals surface area (Å²) in [6, 6.07) is 10.8. The molecule has 0 spiro atoms. The smallest absolute Gasteiger partial charge is 0.354 e. The molecule has 5 aromatic rings. The standard InChI is InChI=1S/C37H35FN6O2/c1-6-19-8-7-9-20-12-22(45)14-24(28(19)20)33-26(38)15-25-34(30-23-13-21-10-11-27(41-21)29(23)30)43-37(46)44(36(25)42-33)35-31(17(2)3)39-16-40-32(35)18(4)5/h1,7-9,12,14-18,21,23,27,29-30,41,45H,10-11,13H2,2-5H3/t21?,23?,27?,29-,30?/m0/s1. The van der Waals surface area contributed by atoms with Crippen molar-refractivity contribution in [3.8, 4) is 35.0 Å². The second-order valence-electron chi connectivity index (χ2n) is 13.7. The molecule has 2 aliphatic heterocycles. The number of aromatic hydroxyl groups is 1. The fraction of sp³-hybridized carbons (Fsp3) is 0.378. The maximum Gasteiger partial charge on any atom is 0.354 e. The Morgan fingerprint density at radius 1 is 1.07 bits per heavy atom. The predicted octanol–water partition coefficient (Wildman–Crippen LogP) is 6.32. The van der Waals surface area contributed by atoms with E-state index in [0.29, 0.717) is 79.6 Å². The van der Waals surface area contributed by atoms with Gasteiger partial charge in [0, 0.05) is 39.9 Å². The Hall–Kier alpha value is -4.68. The molecule has 3 fully saturated rings. The van der Waals surface area contributed by atoms with Gasteiger partial charge in [0.15, 0.2) is 5.65 Å². The Morgan fingerprint density at radius 2 is 1.83 bits per heavy atom. The lowest BCUT2D eigenvalue weighted by atomic mass is 9.96. The zero-order chi connectivity index (χ0) is 32.0. The molecule has 1 saturated carbocycles. The van der Waals surface area contributed by atoms with Gasteiger partial charge in [-0.05, 0) is 72.6 Å². The van der Waals surface area contributed by atoms with E-state index in [-0.39, 0.29) is 29.2 Å². The Kier molecular flexibility index (Phi) is 6.52. The number of terminal acetylenes is 1. The lowest BCUT2D eigenvalue weighted by Crippen LogP contribution is -2.35. The third-order valence-corrected chi connectivity index (χ3v) is 10.3. The summed E-state index contributed by atoms with van der Waals surface area (Å²) < 4.78 is 18.1. The second kappa shape index (κ2) is 10.4. The summed E-state index contributed by atoms with van der Waals surface area (Å²) in [5, 5.41) is 16.2. The molecule has 8 rings (SSSR count). The highest BCUT2D eigenvalue weighted by Crippen LogP contribution is 2.63. The minimum atomic E-state index is -0.583. The Bertz CT molecular complexity index is 2160. The topological polar surface area (TPSA) is 106 Å². The van der Waals surface area contributed by atoms with E-state index in [0.717, 1.165) is 12.8 Å². The van der Waals surface area contributed by atoms with Crippen LogP contribution in [0.15, 0.2) is 47.5 Å². The summed E-state index contributed by atoms with van der Waals surface area (Å²) in [4.78, 5) is 33.3. The van der Waals surface area contributed by atoms with E-state index in [1.165, 1.54) is 29.4 Å². The highest BCUT2D eigenvalue weighted by atomic mass is 19.1. The van der Waals surface area contributed by atoms with Crippen LogP contribution in [0.4, 0.5) is 4.39 Å². The largest absolute Gasteiger partial charge is 0.508 e. The number of piperidine rings is 1. The zero-order valence-corrected chi connectivity index (χ0v) is 26.3. The first-order valence-corrected chi connectivity index (χ1v) is 16.1. The number of halogens is 1. The average Bonchev–Trinajstić information content (AvgIpc) is 3.63. The van der Waals surface area contributed by atoms with Gasteiger partial charge in [0.1, 0.15) is 23.6 Å². The van der Waals surface area contributed by atoms with E-state index in [1.807, 2.05) is 33.8 Å². The highest BCUT2D eigenvalue weighted by Gasteiger charge is 2.61. The van der Waals surface area contributed by atoms with Crippen molar-refractivity contribution in [3.05, 3.63) is 81.7 Å². The van der Waals surface area contributed by atoms with Gasteiger partial charge < -0.3 is 10.4 Å². The third kappa shape index (κ3) is 4.27.